The van der Waals surface area contributed by atoms with Crippen LogP contribution in [0.5, 0.6) is 11.5 Å². The van der Waals surface area contributed by atoms with Gasteiger partial charge in [-0.15, -0.1) is 0 Å². The highest BCUT2D eigenvalue weighted by molar-refractivity contribution is 6.42. The molecule has 0 radical (unpaired) electrons. The molecule has 0 saturated heterocycles. The molecule has 180 valence electrons. The van der Waals surface area contributed by atoms with Gasteiger partial charge in [-0.1, -0.05) is 23.2 Å². The fraction of sp³-hybridized carbons (Fsp3) is 0.120. The number of carbonyl (C=O) groups is 3. The lowest BCUT2D eigenvalue weighted by molar-refractivity contribution is -0.120. The van der Waals surface area contributed by atoms with Crippen molar-refractivity contribution in [2.24, 2.45) is 5.10 Å². The summed E-state index contributed by atoms with van der Waals surface area (Å²) in [5.74, 6) is -0.456. The summed E-state index contributed by atoms with van der Waals surface area (Å²) in [5.41, 5.74) is 3.64. The average molecular weight is 514 g/mol. The molecule has 2 N–H and O–H groups in total. The molecule has 0 fully saturated rings. The van der Waals surface area contributed by atoms with Crippen LogP contribution < -0.4 is 20.2 Å². The summed E-state index contributed by atoms with van der Waals surface area (Å²) in [4.78, 5) is 36.2. The van der Waals surface area contributed by atoms with E-state index in [4.69, 9.17) is 32.7 Å². The maximum absolute atomic E-state index is 12.3. The van der Waals surface area contributed by atoms with Gasteiger partial charge in [0.05, 0.1) is 35.0 Å². The summed E-state index contributed by atoms with van der Waals surface area (Å²) in [6.07, 6.45) is 1.41. The third-order valence-electron chi connectivity index (χ3n) is 4.49. The molecule has 8 nitrogen and oxygen atoms in total. The van der Waals surface area contributed by atoms with Crippen molar-refractivity contribution >= 4 is 47.2 Å². The molecule has 0 aliphatic heterocycles. The SMILES string of the molecule is CCOc1ccc(C(=O)Oc2ccc(/C=N\NC(=O)CNC(=O)c3ccc(Cl)c(Cl)c3)cc2)cc1. The number of nitrogens with zero attached hydrogens (tertiary/aromatic N) is 1. The summed E-state index contributed by atoms with van der Waals surface area (Å²) < 4.78 is 10.7. The van der Waals surface area contributed by atoms with Crippen LogP contribution in [0.3, 0.4) is 0 Å². The van der Waals surface area contributed by atoms with E-state index < -0.39 is 17.8 Å². The maximum Gasteiger partial charge on any atom is 0.343 e. The molecule has 0 bridgehead atoms. The fourth-order valence-electron chi connectivity index (χ4n) is 2.76. The number of benzene rings is 3. The van der Waals surface area contributed by atoms with Gasteiger partial charge in [-0.3, -0.25) is 9.59 Å². The van der Waals surface area contributed by atoms with Gasteiger partial charge in [0.2, 0.25) is 0 Å². The number of hydrazone groups is 1. The van der Waals surface area contributed by atoms with Crippen molar-refractivity contribution in [2.75, 3.05) is 13.2 Å². The normalized spacial score (nSPS) is 10.6. The van der Waals surface area contributed by atoms with E-state index in [1.54, 1.807) is 48.5 Å². The molecule has 3 rings (SSSR count). The van der Waals surface area contributed by atoms with Crippen LogP contribution in [0.15, 0.2) is 71.8 Å². The first-order valence-electron chi connectivity index (χ1n) is 10.5. The second-order valence-corrected chi connectivity index (χ2v) is 7.84. The van der Waals surface area contributed by atoms with E-state index in [-0.39, 0.29) is 17.1 Å². The maximum atomic E-state index is 12.3. The minimum atomic E-state index is -0.518. The standard InChI is InChI=1S/C25H21Cl2N3O5/c1-2-34-19-10-5-17(6-11-19)25(33)35-20-8-3-16(4-9-20)14-29-30-23(31)15-28-24(32)18-7-12-21(26)22(27)13-18/h3-14H,2,15H2,1H3,(H,28,32)(H,30,31)/b29-14-. The number of nitrogens with one attached hydrogen (secondary N) is 2. The van der Waals surface area contributed by atoms with Gasteiger partial charge in [-0.05, 0) is 79.2 Å². The molecule has 3 aromatic rings. The summed E-state index contributed by atoms with van der Waals surface area (Å²) >= 11 is 11.7. The molecule has 0 aliphatic rings. The Morgan fingerprint density at radius 1 is 0.886 bits per heavy atom. The Morgan fingerprint density at radius 3 is 2.20 bits per heavy atom. The van der Waals surface area contributed by atoms with Crippen molar-refractivity contribution in [1.29, 1.82) is 0 Å². The number of hydrogen-bond acceptors (Lipinski definition) is 6. The topological polar surface area (TPSA) is 106 Å². The minimum Gasteiger partial charge on any atom is -0.494 e. The Balaban J connectivity index is 1.44. The molecule has 10 heteroatoms. The van der Waals surface area contributed by atoms with Gasteiger partial charge < -0.3 is 14.8 Å². The Bertz CT molecular complexity index is 1230. The third-order valence-corrected chi connectivity index (χ3v) is 5.22. The van der Waals surface area contributed by atoms with Gasteiger partial charge in [0.1, 0.15) is 11.5 Å². The van der Waals surface area contributed by atoms with Gasteiger partial charge in [-0.2, -0.15) is 5.10 Å². The summed E-state index contributed by atoms with van der Waals surface area (Å²) in [5, 5.41) is 6.87. The Hall–Kier alpha value is -3.88. The highest BCUT2D eigenvalue weighted by atomic mass is 35.5. The van der Waals surface area contributed by atoms with Crippen LogP contribution in [-0.2, 0) is 4.79 Å². The smallest absolute Gasteiger partial charge is 0.343 e. The van der Waals surface area contributed by atoms with Crippen LogP contribution in [0.4, 0.5) is 0 Å². The molecular formula is C25H21Cl2N3O5. The Labute approximate surface area is 211 Å². The molecule has 3 aromatic carbocycles. The minimum absolute atomic E-state index is 0.241. The van der Waals surface area contributed by atoms with E-state index in [9.17, 15) is 14.4 Å². The third kappa shape index (κ3) is 7.84. The lowest BCUT2D eigenvalue weighted by Crippen LogP contribution is -2.34. The van der Waals surface area contributed by atoms with Crippen molar-refractivity contribution in [3.05, 3.63) is 93.5 Å². The van der Waals surface area contributed by atoms with E-state index in [1.165, 1.54) is 24.4 Å². The zero-order valence-corrected chi connectivity index (χ0v) is 20.1. The summed E-state index contributed by atoms with van der Waals surface area (Å²) in [6.45, 7) is 2.14. The lowest BCUT2D eigenvalue weighted by Gasteiger charge is -2.06. The predicted molar refractivity (Wildman–Crippen MR) is 134 cm³/mol. The second kappa shape index (κ2) is 12.5. The average Bonchev–Trinajstić information content (AvgIpc) is 2.86. The molecule has 0 aliphatic carbocycles. The van der Waals surface area contributed by atoms with Crippen molar-refractivity contribution in [3.8, 4) is 11.5 Å². The van der Waals surface area contributed by atoms with E-state index >= 15 is 0 Å². The molecular weight excluding hydrogens is 493 g/mol. The van der Waals surface area contributed by atoms with E-state index in [2.05, 4.69) is 15.8 Å². The molecule has 0 unspecified atom stereocenters. The summed E-state index contributed by atoms with van der Waals surface area (Å²) in [6, 6.07) is 17.6. The van der Waals surface area contributed by atoms with Gasteiger partial charge in [0, 0.05) is 5.56 Å². The number of carbonyl (C=O) groups excluding carboxylic acids is 3. The van der Waals surface area contributed by atoms with Gasteiger partial charge >= 0.3 is 5.97 Å². The van der Waals surface area contributed by atoms with Crippen LogP contribution >= 0.6 is 23.2 Å². The van der Waals surface area contributed by atoms with Crippen LogP contribution in [0.2, 0.25) is 10.0 Å². The zero-order chi connectivity index (χ0) is 25.2. The lowest BCUT2D eigenvalue weighted by atomic mass is 10.2. The van der Waals surface area contributed by atoms with E-state index in [0.29, 0.717) is 34.3 Å². The number of amides is 2. The van der Waals surface area contributed by atoms with E-state index in [0.717, 1.165) is 0 Å². The largest absolute Gasteiger partial charge is 0.494 e. The van der Waals surface area contributed by atoms with Crippen LogP contribution in [0, 0.1) is 0 Å². The molecule has 2 amide bonds. The first-order valence-corrected chi connectivity index (χ1v) is 11.2. The second-order valence-electron chi connectivity index (χ2n) is 7.02. The van der Waals surface area contributed by atoms with E-state index in [1.807, 2.05) is 6.92 Å². The first-order chi connectivity index (χ1) is 16.9. The monoisotopic (exact) mass is 513 g/mol. The summed E-state index contributed by atoms with van der Waals surface area (Å²) in [7, 11) is 0. The zero-order valence-electron chi connectivity index (χ0n) is 18.6. The predicted octanol–water partition coefficient (Wildman–Crippen LogP) is 4.49. The first kappa shape index (κ1) is 25.7. The van der Waals surface area contributed by atoms with Gasteiger partial charge in [-0.25, -0.2) is 10.2 Å². The van der Waals surface area contributed by atoms with Crippen LogP contribution in [-0.4, -0.2) is 37.1 Å². The molecule has 0 spiro atoms. The van der Waals surface area contributed by atoms with Crippen molar-refractivity contribution in [3.63, 3.8) is 0 Å². The Kier molecular flexibility index (Phi) is 9.23. The Morgan fingerprint density at radius 2 is 1.54 bits per heavy atom. The number of halogens is 2. The van der Waals surface area contributed by atoms with Crippen molar-refractivity contribution in [2.45, 2.75) is 6.92 Å². The molecule has 0 heterocycles. The van der Waals surface area contributed by atoms with Gasteiger partial charge in [0.15, 0.2) is 0 Å². The molecule has 35 heavy (non-hydrogen) atoms. The number of rotatable bonds is 9. The van der Waals surface area contributed by atoms with Crippen LogP contribution in [0.1, 0.15) is 33.2 Å². The molecule has 0 saturated carbocycles. The quantitative estimate of drug-likeness (QED) is 0.190. The fourth-order valence-corrected chi connectivity index (χ4v) is 3.06. The number of hydrogen-bond donors (Lipinski definition) is 2. The molecule has 0 aromatic heterocycles. The van der Waals surface area contributed by atoms with Crippen LogP contribution in [0.25, 0.3) is 0 Å². The van der Waals surface area contributed by atoms with Crippen molar-refractivity contribution in [1.82, 2.24) is 10.7 Å². The number of esters is 1. The number of ether oxygens (including phenoxy) is 2. The highest BCUT2D eigenvalue weighted by Crippen LogP contribution is 2.22. The highest BCUT2D eigenvalue weighted by Gasteiger charge is 2.10. The molecule has 0 atom stereocenters. The van der Waals surface area contributed by atoms with Gasteiger partial charge in [0.25, 0.3) is 11.8 Å². The van der Waals surface area contributed by atoms with Crippen molar-refractivity contribution < 1.29 is 23.9 Å².